The maximum atomic E-state index is 12.5. The Morgan fingerprint density at radius 1 is 0.839 bits per heavy atom. The Morgan fingerprint density at radius 3 is 2.16 bits per heavy atom. The first kappa shape index (κ1) is 21.5. The molecule has 0 saturated heterocycles. The summed E-state index contributed by atoms with van der Waals surface area (Å²) in [4.78, 5) is 12.5. The first-order valence-corrected chi connectivity index (χ1v) is 9.39. The van der Waals surface area contributed by atoms with E-state index in [2.05, 4.69) is 6.07 Å². The van der Waals surface area contributed by atoms with Gasteiger partial charge in [-0.1, -0.05) is 24.3 Å². The van der Waals surface area contributed by atoms with Crippen LogP contribution in [-0.2, 0) is 0 Å². The van der Waals surface area contributed by atoms with Crippen LogP contribution < -0.4 is 18.9 Å². The van der Waals surface area contributed by atoms with Crippen molar-refractivity contribution in [2.24, 2.45) is 0 Å². The highest BCUT2D eigenvalue weighted by Gasteiger charge is 2.13. The van der Waals surface area contributed by atoms with Crippen LogP contribution in [-0.4, -0.2) is 27.3 Å². The van der Waals surface area contributed by atoms with Crippen molar-refractivity contribution in [3.05, 3.63) is 83.4 Å². The van der Waals surface area contributed by atoms with Crippen molar-refractivity contribution in [2.45, 2.75) is 0 Å². The molecule has 0 bridgehead atoms. The minimum atomic E-state index is -0.518. The van der Waals surface area contributed by atoms with Gasteiger partial charge in [0, 0.05) is 5.56 Å². The monoisotopic (exact) mass is 415 g/mol. The lowest BCUT2D eigenvalue weighted by molar-refractivity contribution is 0.0734. The second-order valence-electron chi connectivity index (χ2n) is 6.40. The van der Waals surface area contributed by atoms with Crippen LogP contribution in [0, 0.1) is 11.3 Å². The molecule has 0 N–H and O–H groups in total. The molecule has 6 heteroatoms. The molecule has 3 rings (SSSR count). The molecule has 3 aromatic carbocycles. The van der Waals surface area contributed by atoms with Crippen LogP contribution in [0.3, 0.4) is 0 Å². The highest BCUT2D eigenvalue weighted by molar-refractivity contribution is 5.93. The molecule has 0 aliphatic heterocycles. The topological polar surface area (TPSA) is 77.8 Å². The van der Waals surface area contributed by atoms with Crippen LogP contribution in [0.5, 0.6) is 23.0 Å². The fourth-order valence-corrected chi connectivity index (χ4v) is 2.97. The average molecular weight is 415 g/mol. The van der Waals surface area contributed by atoms with Gasteiger partial charge >= 0.3 is 5.97 Å². The van der Waals surface area contributed by atoms with Crippen LogP contribution in [0.1, 0.15) is 21.5 Å². The minimum Gasteiger partial charge on any atom is -0.496 e. The molecule has 0 aliphatic rings. The van der Waals surface area contributed by atoms with Crippen molar-refractivity contribution >= 4 is 17.6 Å². The van der Waals surface area contributed by atoms with Gasteiger partial charge in [0.15, 0.2) is 11.5 Å². The Hall–Kier alpha value is -4.24. The zero-order valence-corrected chi connectivity index (χ0v) is 17.4. The number of para-hydroxylation sites is 1. The Bertz CT molecular complexity index is 1140. The fourth-order valence-electron chi connectivity index (χ4n) is 2.97. The molecular formula is C25H21NO5. The number of esters is 1. The van der Waals surface area contributed by atoms with E-state index in [9.17, 15) is 10.1 Å². The van der Waals surface area contributed by atoms with Gasteiger partial charge in [0.2, 0.25) is 0 Å². The summed E-state index contributed by atoms with van der Waals surface area (Å²) in [5, 5.41) is 9.58. The van der Waals surface area contributed by atoms with E-state index in [4.69, 9.17) is 18.9 Å². The number of carbonyl (C=O) groups is 1. The van der Waals surface area contributed by atoms with Gasteiger partial charge in [-0.05, 0) is 54.1 Å². The molecule has 0 spiro atoms. The highest BCUT2D eigenvalue weighted by atomic mass is 16.5. The largest absolute Gasteiger partial charge is 0.496 e. The van der Waals surface area contributed by atoms with Crippen molar-refractivity contribution in [3.8, 4) is 29.1 Å². The van der Waals surface area contributed by atoms with Gasteiger partial charge in [0.1, 0.15) is 11.5 Å². The summed E-state index contributed by atoms with van der Waals surface area (Å²) in [7, 11) is 4.59. The quantitative estimate of drug-likeness (QED) is 0.234. The third-order valence-electron chi connectivity index (χ3n) is 4.54. The van der Waals surface area contributed by atoms with Crippen LogP contribution in [0.2, 0.25) is 0 Å². The minimum absolute atomic E-state index is 0.338. The Morgan fingerprint density at radius 2 is 1.52 bits per heavy atom. The molecule has 6 nitrogen and oxygen atoms in total. The molecule has 0 fully saturated rings. The Kier molecular flexibility index (Phi) is 6.92. The maximum absolute atomic E-state index is 12.5. The number of allylic oxidation sites excluding steroid dienone is 1. The summed E-state index contributed by atoms with van der Waals surface area (Å²) in [5.74, 6) is 1.45. The maximum Gasteiger partial charge on any atom is 0.343 e. The zero-order valence-electron chi connectivity index (χ0n) is 17.4. The standard InChI is InChI=1S/C25H21NO5/c1-28-22-7-5-4-6-21(22)19(16-26)14-17-8-11-20(12-9-17)31-25(27)18-10-13-23(29-2)24(15-18)30-3/h4-15H,1-3H3/b19-14-. The third kappa shape index (κ3) is 5.03. The lowest BCUT2D eigenvalue weighted by atomic mass is 10.0. The van der Waals surface area contributed by atoms with Crippen LogP contribution in [0.4, 0.5) is 0 Å². The lowest BCUT2D eigenvalue weighted by Gasteiger charge is -2.10. The molecular weight excluding hydrogens is 394 g/mol. The molecule has 0 radical (unpaired) electrons. The van der Waals surface area contributed by atoms with Gasteiger partial charge in [-0.25, -0.2) is 4.79 Å². The number of methoxy groups -OCH3 is 3. The predicted octanol–water partition coefficient (Wildman–Crippen LogP) is 5.00. The predicted molar refractivity (Wildman–Crippen MR) is 117 cm³/mol. The molecule has 31 heavy (non-hydrogen) atoms. The fraction of sp³-hybridized carbons (Fsp3) is 0.120. The van der Waals surface area contributed by atoms with E-state index in [-0.39, 0.29) is 0 Å². The molecule has 3 aromatic rings. The van der Waals surface area contributed by atoms with E-state index < -0.39 is 5.97 Å². The Balaban J connectivity index is 1.78. The van der Waals surface area contributed by atoms with E-state index in [1.54, 1.807) is 61.7 Å². The van der Waals surface area contributed by atoms with Crippen molar-refractivity contribution < 1.29 is 23.7 Å². The highest BCUT2D eigenvalue weighted by Crippen LogP contribution is 2.29. The number of carbonyl (C=O) groups excluding carboxylic acids is 1. The van der Waals surface area contributed by atoms with Gasteiger partial charge < -0.3 is 18.9 Å². The van der Waals surface area contributed by atoms with Crippen LogP contribution in [0.15, 0.2) is 66.7 Å². The SMILES string of the molecule is COc1ccc(C(=O)Oc2ccc(/C=C(/C#N)c3ccccc3OC)cc2)cc1OC. The molecule has 0 saturated carbocycles. The number of ether oxygens (including phenoxy) is 4. The van der Waals surface area contributed by atoms with Gasteiger partial charge in [-0.3, -0.25) is 0 Å². The van der Waals surface area contributed by atoms with Crippen LogP contribution >= 0.6 is 0 Å². The summed E-state index contributed by atoms with van der Waals surface area (Å²) < 4.78 is 21.2. The summed E-state index contributed by atoms with van der Waals surface area (Å²) in [6, 6.07) is 21.2. The lowest BCUT2D eigenvalue weighted by Crippen LogP contribution is -2.08. The molecule has 0 atom stereocenters. The smallest absolute Gasteiger partial charge is 0.343 e. The average Bonchev–Trinajstić information content (AvgIpc) is 2.83. The van der Waals surface area contributed by atoms with E-state index in [0.29, 0.717) is 39.7 Å². The van der Waals surface area contributed by atoms with Crippen molar-refractivity contribution in [1.29, 1.82) is 5.26 Å². The number of nitriles is 1. The number of nitrogens with zero attached hydrogens (tertiary/aromatic N) is 1. The molecule has 0 aliphatic carbocycles. The van der Waals surface area contributed by atoms with Crippen molar-refractivity contribution in [1.82, 2.24) is 0 Å². The number of rotatable bonds is 7. The second-order valence-corrected chi connectivity index (χ2v) is 6.40. The number of benzene rings is 3. The molecule has 156 valence electrons. The normalized spacial score (nSPS) is 10.7. The summed E-state index contributed by atoms with van der Waals surface area (Å²) in [6.45, 7) is 0. The van der Waals surface area contributed by atoms with Crippen LogP contribution in [0.25, 0.3) is 11.6 Å². The van der Waals surface area contributed by atoms with E-state index >= 15 is 0 Å². The second kappa shape index (κ2) is 9.99. The summed E-state index contributed by atoms with van der Waals surface area (Å²) in [6.07, 6.45) is 1.75. The Labute approximate surface area is 180 Å². The molecule has 0 aromatic heterocycles. The molecule has 0 unspecified atom stereocenters. The van der Waals surface area contributed by atoms with Gasteiger partial charge in [0.05, 0.1) is 38.5 Å². The van der Waals surface area contributed by atoms with Gasteiger partial charge in [-0.2, -0.15) is 5.26 Å². The molecule has 0 amide bonds. The van der Waals surface area contributed by atoms with E-state index in [0.717, 1.165) is 5.56 Å². The van der Waals surface area contributed by atoms with Gasteiger partial charge in [0.25, 0.3) is 0 Å². The number of hydrogen-bond donors (Lipinski definition) is 0. The number of hydrogen-bond acceptors (Lipinski definition) is 6. The summed E-state index contributed by atoms with van der Waals surface area (Å²) in [5.41, 5.74) is 2.29. The first-order chi connectivity index (χ1) is 15.1. The molecule has 0 heterocycles. The van der Waals surface area contributed by atoms with Crippen molar-refractivity contribution in [3.63, 3.8) is 0 Å². The summed E-state index contributed by atoms with van der Waals surface area (Å²) >= 11 is 0. The first-order valence-electron chi connectivity index (χ1n) is 9.39. The van der Waals surface area contributed by atoms with E-state index in [1.807, 2.05) is 18.2 Å². The van der Waals surface area contributed by atoms with Gasteiger partial charge in [-0.15, -0.1) is 0 Å². The van der Waals surface area contributed by atoms with E-state index in [1.165, 1.54) is 14.2 Å². The third-order valence-corrected chi connectivity index (χ3v) is 4.54. The zero-order chi connectivity index (χ0) is 22.2. The van der Waals surface area contributed by atoms with Crippen molar-refractivity contribution in [2.75, 3.05) is 21.3 Å².